The summed E-state index contributed by atoms with van der Waals surface area (Å²) in [5.74, 6) is 0.210. The van der Waals surface area contributed by atoms with Gasteiger partial charge in [0.25, 0.3) is 0 Å². The number of nitriles is 1. The van der Waals surface area contributed by atoms with Crippen molar-refractivity contribution in [3.8, 4) is 6.07 Å². The van der Waals surface area contributed by atoms with Gasteiger partial charge in [-0.1, -0.05) is 51.1 Å². The van der Waals surface area contributed by atoms with Crippen LogP contribution in [0.25, 0.3) is 21.8 Å². The van der Waals surface area contributed by atoms with Crippen LogP contribution in [0.5, 0.6) is 0 Å². The van der Waals surface area contributed by atoms with E-state index in [9.17, 15) is 10.1 Å². The fraction of sp³-hybridized carbons (Fsp3) is 0.233. The van der Waals surface area contributed by atoms with Crippen LogP contribution in [0.15, 0.2) is 63.6 Å². The molecule has 0 fully saturated rings. The molecule has 0 radical (unpaired) electrons. The maximum atomic E-state index is 13.7. The van der Waals surface area contributed by atoms with Gasteiger partial charge in [-0.25, -0.2) is 0 Å². The van der Waals surface area contributed by atoms with Crippen molar-refractivity contribution in [1.29, 1.82) is 5.26 Å². The van der Waals surface area contributed by atoms with E-state index in [2.05, 4.69) is 36.8 Å². The number of anilines is 2. The van der Waals surface area contributed by atoms with E-state index in [0.29, 0.717) is 44.5 Å². The number of nitrogens with zero attached hydrogens (tertiary/aromatic N) is 4. The summed E-state index contributed by atoms with van der Waals surface area (Å²) in [5, 5.41) is 30.6. The number of nitrogens with one attached hydrogen (secondary N) is 3. The zero-order chi connectivity index (χ0) is 27.2. The minimum Gasteiger partial charge on any atom is -0.354 e. The molecule has 0 spiro atoms. The average Bonchev–Trinajstić information content (AvgIpc) is 3.29. The van der Waals surface area contributed by atoms with E-state index in [1.807, 2.05) is 90.1 Å². The van der Waals surface area contributed by atoms with Crippen LogP contribution >= 0.6 is 0 Å². The number of rotatable bonds is 4. The number of aromatic amines is 2. The highest BCUT2D eigenvalue weighted by atomic mass is 16.1. The number of aryl methyl sites for hydroxylation is 3. The summed E-state index contributed by atoms with van der Waals surface area (Å²) in [6, 6.07) is 17.7. The van der Waals surface area contributed by atoms with E-state index in [4.69, 9.17) is 0 Å². The fourth-order valence-corrected chi connectivity index (χ4v) is 4.72. The number of fused-ring (bicyclic) bond motifs is 2. The Morgan fingerprint density at radius 2 is 1.71 bits per heavy atom. The minimum absolute atomic E-state index is 0.0682. The summed E-state index contributed by atoms with van der Waals surface area (Å²) in [5.41, 5.74) is 7.01. The molecule has 0 atom stereocenters. The number of para-hydroxylation sites is 2. The summed E-state index contributed by atoms with van der Waals surface area (Å²) in [4.78, 5) is 17.1. The van der Waals surface area contributed by atoms with Crippen LogP contribution in [-0.2, 0) is 5.41 Å². The highest BCUT2D eigenvalue weighted by Gasteiger charge is 2.24. The van der Waals surface area contributed by atoms with Crippen molar-refractivity contribution >= 4 is 44.7 Å². The molecule has 0 unspecified atom stereocenters. The molecule has 0 aliphatic carbocycles. The molecule has 0 saturated carbocycles. The highest BCUT2D eigenvalue weighted by molar-refractivity contribution is 6.00. The molecule has 2 heterocycles. The Bertz CT molecular complexity index is 1850. The van der Waals surface area contributed by atoms with Crippen molar-refractivity contribution in [3.63, 3.8) is 0 Å². The van der Waals surface area contributed by atoms with Gasteiger partial charge in [-0.3, -0.25) is 9.89 Å². The number of azo groups is 1. The smallest absolute Gasteiger partial charge is 0.213 e. The van der Waals surface area contributed by atoms with Crippen LogP contribution in [0.1, 0.15) is 48.7 Å². The molecule has 190 valence electrons. The molecule has 5 rings (SSSR count). The molecule has 2 aromatic heterocycles. The zero-order valence-corrected chi connectivity index (χ0v) is 22.3. The first kappa shape index (κ1) is 24.9. The molecule has 0 amide bonds. The third kappa shape index (κ3) is 4.22. The third-order valence-electron chi connectivity index (χ3n) is 6.82. The van der Waals surface area contributed by atoms with Crippen molar-refractivity contribution in [2.24, 2.45) is 10.2 Å². The van der Waals surface area contributed by atoms with Crippen molar-refractivity contribution in [2.75, 3.05) is 5.32 Å². The first-order chi connectivity index (χ1) is 18.1. The molecule has 38 heavy (non-hydrogen) atoms. The molecule has 8 nitrogen and oxygen atoms in total. The number of hydrogen-bond donors (Lipinski definition) is 3. The predicted molar refractivity (Wildman–Crippen MR) is 152 cm³/mol. The van der Waals surface area contributed by atoms with E-state index in [-0.39, 0.29) is 16.7 Å². The topological polar surface area (TPSA) is 122 Å². The van der Waals surface area contributed by atoms with E-state index < -0.39 is 0 Å². The number of hydrogen-bond acceptors (Lipinski definition) is 6. The molecular weight excluding hydrogens is 474 g/mol. The first-order valence-corrected chi connectivity index (χ1v) is 12.4. The van der Waals surface area contributed by atoms with Gasteiger partial charge in [0.1, 0.15) is 17.3 Å². The van der Waals surface area contributed by atoms with Gasteiger partial charge in [-0.15, -0.1) is 10.2 Å². The Labute approximate surface area is 220 Å². The fourth-order valence-electron chi connectivity index (χ4n) is 4.72. The molecule has 3 aromatic carbocycles. The molecule has 0 aliphatic rings. The summed E-state index contributed by atoms with van der Waals surface area (Å²) >= 11 is 0. The lowest BCUT2D eigenvalue weighted by molar-refractivity contribution is 0.565. The molecule has 0 aliphatic heterocycles. The van der Waals surface area contributed by atoms with Crippen LogP contribution in [0.4, 0.5) is 22.9 Å². The molecular formula is C30H29N7O. The van der Waals surface area contributed by atoms with Crippen molar-refractivity contribution in [3.05, 3.63) is 86.7 Å². The van der Waals surface area contributed by atoms with Crippen molar-refractivity contribution in [2.45, 2.75) is 47.0 Å². The average molecular weight is 504 g/mol. The lowest BCUT2D eigenvalue weighted by Crippen LogP contribution is -2.13. The van der Waals surface area contributed by atoms with Gasteiger partial charge >= 0.3 is 0 Å². The van der Waals surface area contributed by atoms with Crippen LogP contribution in [-0.4, -0.2) is 15.2 Å². The molecule has 3 N–H and O–H groups in total. The van der Waals surface area contributed by atoms with Crippen LogP contribution < -0.4 is 10.7 Å². The minimum atomic E-state index is -0.311. The first-order valence-electron chi connectivity index (χ1n) is 12.4. The van der Waals surface area contributed by atoms with E-state index in [1.54, 1.807) is 0 Å². The Hall–Kier alpha value is -4.77. The summed E-state index contributed by atoms with van der Waals surface area (Å²) in [6.45, 7) is 11.9. The predicted octanol–water partition coefficient (Wildman–Crippen LogP) is 7.66. The van der Waals surface area contributed by atoms with Gasteiger partial charge in [0.2, 0.25) is 5.82 Å². The van der Waals surface area contributed by atoms with Crippen LogP contribution in [0.3, 0.4) is 0 Å². The summed E-state index contributed by atoms with van der Waals surface area (Å²) < 4.78 is 0. The monoisotopic (exact) mass is 503 g/mol. The summed E-state index contributed by atoms with van der Waals surface area (Å²) in [6.07, 6.45) is 0. The lowest BCUT2D eigenvalue weighted by atomic mass is 9.90. The van der Waals surface area contributed by atoms with Gasteiger partial charge in [0.05, 0.1) is 27.8 Å². The maximum absolute atomic E-state index is 13.7. The zero-order valence-electron chi connectivity index (χ0n) is 22.3. The van der Waals surface area contributed by atoms with Gasteiger partial charge in [-0.2, -0.15) is 10.4 Å². The SMILES string of the molecule is Cc1ccccc1Nc1cc2[nH]c3c(C)cccc3c(=O)c2c(C)c1N=Nc1n[nH]c(C(C)(C)C)c1C#N. The number of H-pyrrole nitrogens is 2. The second-order valence-corrected chi connectivity index (χ2v) is 10.6. The second-order valence-electron chi connectivity index (χ2n) is 10.6. The Morgan fingerprint density at radius 1 is 0.974 bits per heavy atom. The molecule has 0 saturated heterocycles. The highest BCUT2D eigenvalue weighted by Crippen LogP contribution is 2.38. The Balaban J connectivity index is 1.76. The quantitative estimate of drug-likeness (QED) is 0.172. The van der Waals surface area contributed by atoms with Crippen LogP contribution in [0.2, 0.25) is 0 Å². The molecule has 0 bridgehead atoms. The van der Waals surface area contributed by atoms with Crippen molar-refractivity contribution in [1.82, 2.24) is 15.2 Å². The van der Waals surface area contributed by atoms with Crippen molar-refractivity contribution < 1.29 is 0 Å². The third-order valence-corrected chi connectivity index (χ3v) is 6.82. The largest absolute Gasteiger partial charge is 0.354 e. The second kappa shape index (κ2) is 9.27. The number of aromatic nitrogens is 3. The number of pyridine rings is 1. The number of benzene rings is 3. The van der Waals surface area contributed by atoms with Crippen LogP contribution in [0, 0.1) is 32.1 Å². The Morgan fingerprint density at radius 3 is 2.42 bits per heavy atom. The normalized spacial score (nSPS) is 11.9. The van der Waals surface area contributed by atoms with Gasteiger partial charge in [0, 0.05) is 16.5 Å². The van der Waals surface area contributed by atoms with E-state index in [1.165, 1.54) is 0 Å². The van der Waals surface area contributed by atoms with Gasteiger partial charge < -0.3 is 10.3 Å². The van der Waals surface area contributed by atoms with Gasteiger partial charge in [-0.05, 0) is 55.7 Å². The Kier molecular flexibility index (Phi) is 6.08. The van der Waals surface area contributed by atoms with E-state index >= 15 is 0 Å². The summed E-state index contributed by atoms with van der Waals surface area (Å²) in [7, 11) is 0. The van der Waals surface area contributed by atoms with Gasteiger partial charge in [0.15, 0.2) is 5.43 Å². The maximum Gasteiger partial charge on any atom is 0.213 e. The standard InChI is InChI=1S/C30H29N7O/c1-16-10-7-8-13-21(16)32-23-14-22-24(27(38)19-12-9-11-17(2)25(19)33-22)18(3)26(23)34-36-29-20(15-31)28(35-37-29)30(4,5)6/h7-14,32H,1-6H3,(H,33,38)(H,35,37). The molecule has 5 aromatic rings. The van der Waals surface area contributed by atoms with E-state index in [0.717, 1.165) is 22.3 Å². The molecule has 8 heteroatoms. The lowest BCUT2D eigenvalue weighted by Gasteiger charge is -2.16.